The number of nitrogens with zero attached hydrogens (tertiary/aromatic N) is 1. The molecular formula is C16H22N2O2. The topological polar surface area (TPSA) is 76.1 Å². The lowest BCUT2D eigenvalue weighted by Gasteiger charge is -2.22. The molecule has 0 spiro atoms. The highest BCUT2D eigenvalue weighted by atomic mass is 16.5. The zero-order valence-electron chi connectivity index (χ0n) is 11.9. The van der Waals surface area contributed by atoms with Gasteiger partial charge in [0, 0.05) is 12.3 Å². The summed E-state index contributed by atoms with van der Waals surface area (Å²) >= 11 is 0. The monoisotopic (exact) mass is 274 g/mol. The van der Waals surface area contributed by atoms with Crippen molar-refractivity contribution in [2.24, 2.45) is 5.73 Å². The number of nitrogens with two attached hydrogens (primary N) is 1. The first kappa shape index (κ1) is 16.2. The lowest BCUT2D eigenvalue weighted by molar-refractivity contribution is -0.146. The molecular weight excluding hydrogens is 252 g/mol. The summed E-state index contributed by atoms with van der Waals surface area (Å²) in [6.07, 6.45) is 2.74. The number of hydrogen-bond donors (Lipinski definition) is 1. The van der Waals surface area contributed by atoms with E-state index in [1.165, 1.54) is 0 Å². The van der Waals surface area contributed by atoms with Crippen LogP contribution in [0, 0.1) is 11.3 Å². The molecule has 0 amide bonds. The summed E-state index contributed by atoms with van der Waals surface area (Å²) in [7, 11) is 0. The Hall–Kier alpha value is -1.86. The van der Waals surface area contributed by atoms with Crippen molar-refractivity contribution in [2.45, 2.75) is 44.6 Å². The molecule has 1 aromatic carbocycles. The van der Waals surface area contributed by atoms with Crippen LogP contribution in [0.5, 0.6) is 0 Å². The Morgan fingerprint density at radius 1 is 1.40 bits per heavy atom. The van der Waals surface area contributed by atoms with Crippen LogP contribution in [-0.4, -0.2) is 18.6 Å². The molecule has 0 radical (unpaired) electrons. The SMILES string of the molecule is CCCCOC(=O)C(N)[C@H](CCC#N)c1ccccc1. The first-order valence-electron chi connectivity index (χ1n) is 7.04. The second-order valence-electron chi connectivity index (χ2n) is 4.76. The van der Waals surface area contributed by atoms with Gasteiger partial charge in [-0.2, -0.15) is 5.26 Å². The number of rotatable bonds is 8. The largest absolute Gasteiger partial charge is 0.465 e. The molecule has 108 valence electrons. The number of hydrogen-bond acceptors (Lipinski definition) is 4. The lowest BCUT2D eigenvalue weighted by atomic mass is 9.88. The number of ether oxygens (including phenoxy) is 1. The zero-order chi connectivity index (χ0) is 14.8. The maximum absolute atomic E-state index is 12.0. The van der Waals surface area contributed by atoms with Crippen molar-refractivity contribution < 1.29 is 9.53 Å². The molecule has 0 aliphatic rings. The highest BCUT2D eigenvalue weighted by Gasteiger charge is 2.26. The van der Waals surface area contributed by atoms with Crippen molar-refractivity contribution in [1.82, 2.24) is 0 Å². The molecule has 0 aliphatic carbocycles. The molecule has 1 unspecified atom stereocenters. The Morgan fingerprint density at radius 3 is 2.70 bits per heavy atom. The van der Waals surface area contributed by atoms with Gasteiger partial charge in [0.15, 0.2) is 0 Å². The first-order valence-corrected chi connectivity index (χ1v) is 7.04. The van der Waals surface area contributed by atoms with E-state index in [9.17, 15) is 4.79 Å². The Bertz CT molecular complexity index is 440. The molecule has 0 heterocycles. The number of carbonyl (C=O) groups excluding carboxylic acids is 1. The molecule has 20 heavy (non-hydrogen) atoms. The van der Waals surface area contributed by atoms with Crippen LogP contribution in [0.15, 0.2) is 30.3 Å². The van der Waals surface area contributed by atoms with Crippen LogP contribution in [0.2, 0.25) is 0 Å². The minimum absolute atomic E-state index is 0.176. The predicted octanol–water partition coefficient (Wildman–Crippen LogP) is 2.74. The average molecular weight is 274 g/mol. The van der Waals surface area contributed by atoms with Gasteiger partial charge < -0.3 is 10.5 Å². The van der Waals surface area contributed by atoms with Crippen LogP contribution in [0.25, 0.3) is 0 Å². The summed E-state index contributed by atoms with van der Waals surface area (Å²) in [4.78, 5) is 12.0. The minimum atomic E-state index is -0.720. The quantitative estimate of drug-likeness (QED) is 0.584. The summed E-state index contributed by atoms with van der Waals surface area (Å²) in [5.41, 5.74) is 7.01. The van der Waals surface area contributed by atoms with E-state index in [1.807, 2.05) is 37.3 Å². The molecule has 1 rings (SSSR count). The van der Waals surface area contributed by atoms with Crippen molar-refractivity contribution >= 4 is 5.97 Å². The van der Waals surface area contributed by atoms with E-state index < -0.39 is 6.04 Å². The van der Waals surface area contributed by atoms with Gasteiger partial charge in [-0.05, 0) is 18.4 Å². The Balaban J connectivity index is 2.72. The van der Waals surface area contributed by atoms with Gasteiger partial charge in [0.1, 0.15) is 6.04 Å². The van der Waals surface area contributed by atoms with E-state index in [1.54, 1.807) is 0 Å². The molecule has 0 bridgehead atoms. The van der Waals surface area contributed by atoms with Gasteiger partial charge >= 0.3 is 5.97 Å². The fourth-order valence-corrected chi connectivity index (χ4v) is 2.05. The number of unbranched alkanes of at least 4 members (excludes halogenated alkanes) is 1. The average Bonchev–Trinajstić information content (AvgIpc) is 2.48. The predicted molar refractivity (Wildman–Crippen MR) is 77.9 cm³/mol. The maximum Gasteiger partial charge on any atom is 0.323 e. The highest BCUT2D eigenvalue weighted by Crippen LogP contribution is 2.24. The number of esters is 1. The van der Waals surface area contributed by atoms with Crippen molar-refractivity contribution in [3.63, 3.8) is 0 Å². The summed E-state index contributed by atoms with van der Waals surface area (Å²) in [5.74, 6) is -0.560. The van der Waals surface area contributed by atoms with Gasteiger partial charge in [-0.1, -0.05) is 43.7 Å². The molecule has 4 heteroatoms. The summed E-state index contributed by atoms with van der Waals surface area (Å²) in [6.45, 7) is 2.44. The van der Waals surface area contributed by atoms with Crippen LogP contribution in [0.1, 0.15) is 44.1 Å². The molecule has 1 aromatic rings. The Morgan fingerprint density at radius 2 is 2.10 bits per heavy atom. The lowest BCUT2D eigenvalue weighted by Crippen LogP contribution is -2.38. The van der Waals surface area contributed by atoms with Crippen molar-refractivity contribution in [2.75, 3.05) is 6.61 Å². The van der Waals surface area contributed by atoms with Crippen molar-refractivity contribution in [3.8, 4) is 6.07 Å². The van der Waals surface area contributed by atoms with Crippen LogP contribution in [-0.2, 0) is 9.53 Å². The van der Waals surface area contributed by atoms with Gasteiger partial charge in [0.05, 0.1) is 12.7 Å². The fraction of sp³-hybridized carbons (Fsp3) is 0.500. The molecule has 4 nitrogen and oxygen atoms in total. The number of nitriles is 1. The number of carbonyl (C=O) groups is 1. The fourth-order valence-electron chi connectivity index (χ4n) is 2.05. The summed E-state index contributed by atoms with van der Waals surface area (Å²) < 4.78 is 5.18. The molecule has 2 N–H and O–H groups in total. The number of benzene rings is 1. The minimum Gasteiger partial charge on any atom is -0.465 e. The molecule has 0 aliphatic heterocycles. The Kier molecular flexibility index (Phi) is 7.38. The smallest absolute Gasteiger partial charge is 0.323 e. The van der Waals surface area contributed by atoms with Gasteiger partial charge in [0.2, 0.25) is 0 Å². The van der Waals surface area contributed by atoms with Gasteiger partial charge in [-0.25, -0.2) is 0 Å². The van der Waals surface area contributed by atoms with E-state index in [0.717, 1.165) is 18.4 Å². The Labute approximate surface area is 120 Å². The van der Waals surface area contributed by atoms with E-state index in [0.29, 0.717) is 19.4 Å². The maximum atomic E-state index is 12.0. The third-order valence-corrected chi connectivity index (χ3v) is 3.24. The summed E-state index contributed by atoms with van der Waals surface area (Å²) in [6, 6.07) is 11.0. The standard InChI is InChI=1S/C16H22N2O2/c1-2-3-12-20-16(19)15(18)14(10-7-11-17)13-8-5-4-6-9-13/h4-6,8-9,14-15H,2-3,7,10,12,18H2,1H3/t14-,15?/m1/s1. The molecule has 0 saturated carbocycles. The normalized spacial score (nSPS) is 13.2. The highest BCUT2D eigenvalue weighted by molar-refractivity contribution is 5.76. The molecule has 0 saturated heterocycles. The third-order valence-electron chi connectivity index (χ3n) is 3.24. The van der Waals surface area contributed by atoms with E-state index in [4.69, 9.17) is 15.7 Å². The molecule has 0 aromatic heterocycles. The zero-order valence-corrected chi connectivity index (χ0v) is 11.9. The van der Waals surface area contributed by atoms with E-state index >= 15 is 0 Å². The van der Waals surface area contributed by atoms with Gasteiger partial charge in [-0.15, -0.1) is 0 Å². The van der Waals surface area contributed by atoms with Gasteiger partial charge in [-0.3, -0.25) is 4.79 Å². The first-order chi connectivity index (χ1) is 9.70. The van der Waals surface area contributed by atoms with Crippen LogP contribution in [0.4, 0.5) is 0 Å². The van der Waals surface area contributed by atoms with Crippen molar-refractivity contribution in [3.05, 3.63) is 35.9 Å². The van der Waals surface area contributed by atoms with E-state index in [-0.39, 0.29) is 11.9 Å². The van der Waals surface area contributed by atoms with Gasteiger partial charge in [0.25, 0.3) is 0 Å². The molecule has 2 atom stereocenters. The van der Waals surface area contributed by atoms with Crippen molar-refractivity contribution in [1.29, 1.82) is 5.26 Å². The summed E-state index contributed by atoms with van der Waals surface area (Å²) in [5, 5.41) is 8.75. The third kappa shape index (κ3) is 5.02. The van der Waals surface area contributed by atoms with Crippen LogP contribution < -0.4 is 5.73 Å². The van der Waals surface area contributed by atoms with Crippen LogP contribution >= 0.6 is 0 Å². The molecule has 0 fully saturated rings. The van der Waals surface area contributed by atoms with E-state index in [2.05, 4.69) is 6.07 Å². The second-order valence-corrected chi connectivity index (χ2v) is 4.76. The second kappa shape index (κ2) is 9.11. The van der Waals surface area contributed by atoms with Crippen LogP contribution in [0.3, 0.4) is 0 Å².